The molecule has 2 aliphatic rings. The van der Waals surface area contributed by atoms with Gasteiger partial charge in [0, 0.05) is 25.3 Å². The Labute approximate surface area is 153 Å². The van der Waals surface area contributed by atoms with Gasteiger partial charge >= 0.3 is 11.9 Å². The monoisotopic (exact) mass is 359 g/mol. The van der Waals surface area contributed by atoms with E-state index in [4.69, 9.17) is 25.1 Å². The van der Waals surface area contributed by atoms with Crippen molar-refractivity contribution >= 4 is 17.6 Å². The van der Waals surface area contributed by atoms with Crippen LogP contribution in [0.1, 0.15) is 31.2 Å². The summed E-state index contributed by atoms with van der Waals surface area (Å²) < 4.78 is 0. The normalized spacial score (nSPS) is 21.2. The molecule has 1 aliphatic heterocycles. The Morgan fingerprint density at radius 2 is 1.69 bits per heavy atom. The van der Waals surface area contributed by atoms with Crippen LogP contribution < -0.4 is 5.32 Å². The number of rotatable bonds is 5. The molecule has 3 N–H and O–H groups in total. The summed E-state index contributed by atoms with van der Waals surface area (Å²) in [5.41, 5.74) is 1.83. The Morgan fingerprint density at radius 3 is 2.19 bits per heavy atom. The largest absolute Gasteiger partial charge is 0.473 e. The molecule has 1 aromatic rings. The maximum Gasteiger partial charge on any atom is 0.414 e. The Kier molecular flexibility index (Phi) is 7.42. The third-order valence-electron chi connectivity index (χ3n) is 4.98. The van der Waals surface area contributed by atoms with Gasteiger partial charge in [-0.15, -0.1) is 0 Å². The van der Waals surface area contributed by atoms with Gasteiger partial charge in [0.25, 0.3) is 0 Å². The van der Waals surface area contributed by atoms with Gasteiger partial charge in [0.2, 0.25) is 0 Å². The van der Waals surface area contributed by atoms with Crippen LogP contribution in [0.2, 0.25) is 0 Å². The lowest BCUT2D eigenvalue weighted by molar-refractivity contribution is -0.159. The summed E-state index contributed by atoms with van der Waals surface area (Å²) in [7, 11) is 0. The Hall–Kier alpha value is -2.59. The molecule has 1 aliphatic carbocycles. The molecule has 7 nitrogen and oxygen atoms in total. The van der Waals surface area contributed by atoms with Crippen molar-refractivity contribution in [3.8, 4) is 6.07 Å². The lowest BCUT2D eigenvalue weighted by Gasteiger charge is -2.16. The highest BCUT2D eigenvalue weighted by atomic mass is 16.4. The number of aliphatic carboxylic acids is 2. The maximum atomic E-state index is 9.10. The quantitative estimate of drug-likeness (QED) is 0.546. The number of carboxylic acids is 2. The van der Waals surface area contributed by atoms with E-state index < -0.39 is 11.9 Å². The average Bonchev–Trinajstić information content (AvgIpc) is 3.21. The fourth-order valence-corrected chi connectivity index (χ4v) is 3.71. The van der Waals surface area contributed by atoms with Crippen LogP contribution in [0, 0.1) is 23.2 Å². The van der Waals surface area contributed by atoms with Crippen molar-refractivity contribution in [2.24, 2.45) is 11.8 Å². The molecule has 3 rings (SSSR count). The number of anilines is 1. The van der Waals surface area contributed by atoms with Crippen molar-refractivity contribution in [1.82, 2.24) is 4.90 Å². The van der Waals surface area contributed by atoms with Crippen LogP contribution in [0.3, 0.4) is 0 Å². The minimum Gasteiger partial charge on any atom is -0.473 e. The van der Waals surface area contributed by atoms with Crippen molar-refractivity contribution in [1.29, 1.82) is 5.26 Å². The van der Waals surface area contributed by atoms with Gasteiger partial charge in [-0.25, -0.2) is 9.59 Å². The van der Waals surface area contributed by atoms with E-state index in [0.717, 1.165) is 29.6 Å². The molecule has 7 heteroatoms. The number of carboxylic acid groups (broad SMARTS) is 2. The number of fused-ring (bicyclic) bond motifs is 1. The van der Waals surface area contributed by atoms with E-state index >= 15 is 0 Å². The van der Waals surface area contributed by atoms with Crippen molar-refractivity contribution in [3.05, 3.63) is 29.8 Å². The van der Waals surface area contributed by atoms with Crippen LogP contribution in [-0.2, 0) is 9.59 Å². The molecule has 1 saturated heterocycles. The van der Waals surface area contributed by atoms with Gasteiger partial charge in [-0.2, -0.15) is 5.26 Å². The number of likely N-dealkylation sites (tertiary alicyclic amines) is 1. The zero-order chi connectivity index (χ0) is 18.9. The summed E-state index contributed by atoms with van der Waals surface area (Å²) in [6.45, 7) is 4.90. The summed E-state index contributed by atoms with van der Waals surface area (Å²) >= 11 is 0. The van der Waals surface area contributed by atoms with Crippen molar-refractivity contribution in [2.75, 3.05) is 31.5 Å². The number of nitriles is 1. The molecule has 1 aromatic carbocycles. The molecule has 140 valence electrons. The molecule has 1 saturated carbocycles. The molecule has 0 spiro atoms. The van der Waals surface area contributed by atoms with E-state index in [-0.39, 0.29) is 0 Å². The lowest BCUT2D eigenvalue weighted by atomic mass is 10.0. The van der Waals surface area contributed by atoms with Gasteiger partial charge in [0.1, 0.15) is 0 Å². The third-order valence-corrected chi connectivity index (χ3v) is 4.98. The molecule has 26 heavy (non-hydrogen) atoms. The van der Waals surface area contributed by atoms with E-state index in [1.807, 2.05) is 24.3 Å². The molecule has 2 atom stereocenters. The molecule has 2 fully saturated rings. The summed E-state index contributed by atoms with van der Waals surface area (Å²) in [6, 6.07) is 9.84. The second kappa shape index (κ2) is 9.78. The van der Waals surface area contributed by atoms with Gasteiger partial charge in [0.05, 0.1) is 11.6 Å². The number of hydrogen-bond acceptors (Lipinski definition) is 5. The Bertz CT molecular complexity index is 630. The van der Waals surface area contributed by atoms with Crippen molar-refractivity contribution < 1.29 is 19.8 Å². The van der Waals surface area contributed by atoms with E-state index in [1.165, 1.54) is 45.3 Å². The third kappa shape index (κ3) is 6.05. The number of nitrogens with one attached hydrogen (secondary N) is 1. The molecule has 2 unspecified atom stereocenters. The molecular formula is C19H25N3O4. The smallest absolute Gasteiger partial charge is 0.414 e. The van der Waals surface area contributed by atoms with Crippen LogP contribution in [0.25, 0.3) is 0 Å². The minimum atomic E-state index is -1.82. The maximum absolute atomic E-state index is 9.10. The zero-order valence-corrected chi connectivity index (χ0v) is 14.7. The van der Waals surface area contributed by atoms with Crippen molar-refractivity contribution in [2.45, 2.75) is 25.7 Å². The minimum absolute atomic E-state index is 0.721. The topological polar surface area (TPSA) is 114 Å². The van der Waals surface area contributed by atoms with E-state index in [0.29, 0.717) is 0 Å². The van der Waals surface area contributed by atoms with E-state index in [9.17, 15) is 0 Å². The first-order valence-electron chi connectivity index (χ1n) is 8.92. The highest BCUT2D eigenvalue weighted by Crippen LogP contribution is 2.37. The second-order valence-electron chi connectivity index (χ2n) is 6.79. The van der Waals surface area contributed by atoms with Crippen LogP contribution in [0.4, 0.5) is 5.69 Å². The van der Waals surface area contributed by atoms with Crippen LogP contribution in [0.15, 0.2) is 24.3 Å². The van der Waals surface area contributed by atoms with Crippen LogP contribution in [0.5, 0.6) is 0 Å². The Morgan fingerprint density at radius 1 is 1.12 bits per heavy atom. The highest BCUT2D eigenvalue weighted by molar-refractivity contribution is 6.27. The lowest BCUT2D eigenvalue weighted by Crippen LogP contribution is -2.24. The molecule has 0 radical (unpaired) electrons. The summed E-state index contributed by atoms with van der Waals surface area (Å²) in [4.78, 5) is 20.8. The average molecular weight is 359 g/mol. The first-order chi connectivity index (χ1) is 12.5. The molecule has 1 heterocycles. The van der Waals surface area contributed by atoms with Gasteiger partial charge in [-0.3, -0.25) is 0 Å². The predicted molar refractivity (Wildman–Crippen MR) is 96.8 cm³/mol. The van der Waals surface area contributed by atoms with Gasteiger partial charge in [-0.05, 0) is 61.9 Å². The summed E-state index contributed by atoms with van der Waals surface area (Å²) in [5.74, 6) is -1.65. The standard InChI is InChI=1S/C17H23N3.C2H2O4/c18-11-14-5-7-17(8-6-14)19-9-2-10-20-12-15-3-1-4-16(15)13-20;3-1(4)2(5)6/h5-8,15-16,19H,1-4,9-10,12-13H2;(H,3,4)(H,5,6). The number of benzene rings is 1. The first-order valence-corrected chi connectivity index (χ1v) is 8.92. The predicted octanol–water partition coefficient (Wildman–Crippen LogP) is 2.25. The van der Waals surface area contributed by atoms with Crippen LogP contribution in [-0.4, -0.2) is 53.2 Å². The molecular weight excluding hydrogens is 334 g/mol. The summed E-state index contributed by atoms with van der Waals surface area (Å²) in [6.07, 6.45) is 5.58. The first kappa shape index (κ1) is 19.7. The molecule has 0 aromatic heterocycles. The highest BCUT2D eigenvalue weighted by Gasteiger charge is 2.35. The summed E-state index contributed by atoms with van der Waals surface area (Å²) in [5, 5.41) is 27.0. The van der Waals surface area contributed by atoms with Gasteiger partial charge < -0.3 is 20.4 Å². The Balaban J connectivity index is 0.000000352. The molecule has 0 bridgehead atoms. The van der Waals surface area contributed by atoms with E-state index in [2.05, 4.69) is 16.3 Å². The fraction of sp³-hybridized carbons (Fsp3) is 0.526. The number of carbonyl (C=O) groups is 2. The fourth-order valence-electron chi connectivity index (χ4n) is 3.71. The SMILES string of the molecule is N#Cc1ccc(NCCCN2CC3CCCC3C2)cc1.O=C(O)C(=O)O. The van der Waals surface area contributed by atoms with E-state index in [1.54, 1.807) is 0 Å². The second-order valence-corrected chi connectivity index (χ2v) is 6.79. The van der Waals surface area contributed by atoms with Crippen molar-refractivity contribution in [3.63, 3.8) is 0 Å². The van der Waals surface area contributed by atoms with Gasteiger partial charge in [0.15, 0.2) is 0 Å². The molecule has 0 amide bonds. The number of hydrogen-bond donors (Lipinski definition) is 3. The zero-order valence-electron chi connectivity index (χ0n) is 14.7. The van der Waals surface area contributed by atoms with Crippen LogP contribution >= 0.6 is 0 Å². The number of nitrogens with zero attached hydrogens (tertiary/aromatic N) is 2. The van der Waals surface area contributed by atoms with Gasteiger partial charge in [-0.1, -0.05) is 6.42 Å².